The summed E-state index contributed by atoms with van der Waals surface area (Å²) in [7, 11) is 0. The zero-order chi connectivity index (χ0) is 16.1. The van der Waals surface area contributed by atoms with Gasteiger partial charge in [0.05, 0.1) is 5.69 Å². The van der Waals surface area contributed by atoms with Crippen LogP contribution in [0.2, 0.25) is 0 Å². The van der Waals surface area contributed by atoms with E-state index in [1.165, 1.54) is 23.0 Å². The van der Waals surface area contributed by atoms with Crippen LogP contribution in [-0.4, -0.2) is 10.9 Å². The maximum absolute atomic E-state index is 11.9. The van der Waals surface area contributed by atoms with E-state index in [2.05, 4.69) is 29.4 Å². The number of thiazole rings is 1. The van der Waals surface area contributed by atoms with Gasteiger partial charge >= 0.3 is 0 Å². The molecule has 0 fully saturated rings. The number of carbonyl (C=O) groups excluding carboxylic acids is 1. The van der Waals surface area contributed by atoms with Gasteiger partial charge in [0.2, 0.25) is 5.91 Å². The molecule has 4 heteroatoms. The van der Waals surface area contributed by atoms with Crippen molar-refractivity contribution in [3.63, 3.8) is 0 Å². The van der Waals surface area contributed by atoms with Gasteiger partial charge in [-0.2, -0.15) is 0 Å². The molecule has 1 amide bonds. The summed E-state index contributed by atoms with van der Waals surface area (Å²) in [5, 5.41) is 5.34. The van der Waals surface area contributed by atoms with E-state index in [4.69, 9.17) is 0 Å². The van der Waals surface area contributed by atoms with Crippen molar-refractivity contribution in [3.05, 3.63) is 77.2 Å². The Hall–Kier alpha value is -2.72. The molecule has 3 rings (SSSR count). The van der Waals surface area contributed by atoms with Crippen LogP contribution in [0.15, 0.2) is 66.1 Å². The Morgan fingerprint density at radius 2 is 1.83 bits per heavy atom. The molecule has 0 saturated heterocycles. The molecular weight excluding hydrogens is 304 g/mol. The Morgan fingerprint density at radius 3 is 2.57 bits per heavy atom. The van der Waals surface area contributed by atoms with E-state index in [1.807, 2.05) is 47.8 Å². The number of nitrogens with one attached hydrogen (secondary N) is 1. The normalized spacial score (nSPS) is 10.8. The summed E-state index contributed by atoms with van der Waals surface area (Å²) in [4.78, 5) is 16.4. The van der Waals surface area contributed by atoms with Crippen molar-refractivity contribution in [2.75, 3.05) is 5.32 Å². The molecule has 0 aliphatic rings. The van der Waals surface area contributed by atoms with Gasteiger partial charge in [-0.3, -0.25) is 10.1 Å². The van der Waals surface area contributed by atoms with Crippen molar-refractivity contribution in [3.8, 4) is 11.3 Å². The molecule has 0 unspecified atom stereocenters. The predicted molar refractivity (Wildman–Crippen MR) is 96.4 cm³/mol. The Bertz CT molecular complexity index is 820. The van der Waals surface area contributed by atoms with E-state index in [1.54, 1.807) is 6.08 Å². The number of anilines is 1. The third kappa shape index (κ3) is 4.14. The van der Waals surface area contributed by atoms with E-state index in [0.717, 1.165) is 16.8 Å². The second kappa shape index (κ2) is 7.03. The quantitative estimate of drug-likeness (QED) is 0.704. The molecule has 0 saturated carbocycles. The minimum atomic E-state index is -0.182. The Morgan fingerprint density at radius 1 is 1.09 bits per heavy atom. The van der Waals surface area contributed by atoms with E-state index >= 15 is 0 Å². The fourth-order valence-electron chi connectivity index (χ4n) is 2.07. The second-order valence-corrected chi connectivity index (χ2v) is 6.00. The SMILES string of the molecule is Cc1ccc(-c2csc(NC(=O)C=Cc3ccccc3)n2)cc1. The molecule has 114 valence electrons. The fourth-order valence-corrected chi connectivity index (χ4v) is 2.79. The van der Waals surface area contributed by atoms with Gasteiger partial charge in [-0.15, -0.1) is 11.3 Å². The van der Waals surface area contributed by atoms with E-state index in [0.29, 0.717) is 5.13 Å². The number of aryl methyl sites for hydroxylation is 1. The molecule has 1 N–H and O–H groups in total. The Labute approximate surface area is 139 Å². The number of hydrogen-bond donors (Lipinski definition) is 1. The topological polar surface area (TPSA) is 42.0 Å². The van der Waals surface area contributed by atoms with Crippen molar-refractivity contribution in [1.82, 2.24) is 4.98 Å². The highest BCUT2D eigenvalue weighted by Crippen LogP contribution is 2.25. The number of rotatable bonds is 4. The predicted octanol–water partition coefficient (Wildman–Crippen LogP) is 4.77. The van der Waals surface area contributed by atoms with Crippen LogP contribution in [-0.2, 0) is 4.79 Å². The van der Waals surface area contributed by atoms with Crippen LogP contribution >= 0.6 is 11.3 Å². The molecule has 1 aromatic heterocycles. The maximum atomic E-state index is 11.9. The van der Waals surface area contributed by atoms with Crippen molar-refractivity contribution in [2.45, 2.75) is 6.92 Å². The first-order valence-electron chi connectivity index (χ1n) is 7.27. The Balaban J connectivity index is 1.66. The van der Waals surface area contributed by atoms with E-state index in [-0.39, 0.29) is 5.91 Å². The van der Waals surface area contributed by atoms with Crippen LogP contribution < -0.4 is 5.32 Å². The third-order valence-electron chi connectivity index (χ3n) is 3.31. The summed E-state index contributed by atoms with van der Waals surface area (Å²) in [5.74, 6) is -0.182. The van der Waals surface area contributed by atoms with Crippen LogP contribution in [0.25, 0.3) is 17.3 Å². The summed E-state index contributed by atoms with van der Waals surface area (Å²) < 4.78 is 0. The lowest BCUT2D eigenvalue weighted by Gasteiger charge is -1.98. The van der Waals surface area contributed by atoms with Gasteiger partial charge in [-0.25, -0.2) is 4.98 Å². The highest BCUT2D eigenvalue weighted by molar-refractivity contribution is 7.14. The molecule has 0 aliphatic carbocycles. The highest BCUT2D eigenvalue weighted by atomic mass is 32.1. The smallest absolute Gasteiger partial charge is 0.250 e. The molecule has 23 heavy (non-hydrogen) atoms. The summed E-state index contributed by atoms with van der Waals surface area (Å²) in [6, 6.07) is 17.9. The van der Waals surface area contributed by atoms with Gasteiger partial charge < -0.3 is 0 Å². The molecule has 0 radical (unpaired) electrons. The maximum Gasteiger partial charge on any atom is 0.250 e. The molecule has 0 bridgehead atoms. The van der Waals surface area contributed by atoms with Gasteiger partial charge in [0.25, 0.3) is 0 Å². The van der Waals surface area contributed by atoms with Gasteiger partial charge in [-0.1, -0.05) is 60.2 Å². The number of carbonyl (C=O) groups is 1. The van der Waals surface area contributed by atoms with Crippen LogP contribution in [0, 0.1) is 6.92 Å². The first-order valence-corrected chi connectivity index (χ1v) is 8.15. The monoisotopic (exact) mass is 320 g/mol. The average molecular weight is 320 g/mol. The third-order valence-corrected chi connectivity index (χ3v) is 4.07. The summed E-state index contributed by atoms with van der Waals surface area (Å²) in [5.41, 5.74) is 4.12. The Kier molecular flexibility index (Phi) is 4.64. The van der Waals surface area contributed by atoms with Crippen molar-refractivity contribution >= 4 is 28.5 Å². The standard InChI is InChI=1S/C19H16N2OS/c1-14-7-10-16(11-8-14)17-13-23-19(20-17)21-18(22)12-9-15-5-3-2-4-6-15/h2-13H,1H3,(H,20,21,22). The first-order chi connectivity index (χ1) is 11.2. The number of hydrogen-bond acceptors (Lipinski definition) is 3. The van der Waals surface area contributed by atoms with Crippen molar-refractivity contribution in [1.29, 1.82) is 0 Å². The minimum Gasteiger partial charge on any atom is -0.298 e. The van der Waals surface area contributed by atoms with Crippen molar-refractivity contribution < 1.29 is 4.79 Å². The zero-order valence-corrected chi connectivity index (χ0v) is 13.5. The van der Waals surface area contributed by atoms with Gasteiger partial charge in [0.15, 0.2) is 5.13 Å². The molecule has 3 aromatic rings. The van der Waals surface area contributed by atoms with E-state index in [9.17, 15) is 4.79 Å². The molecule has 0 spiro atoms. The lowest BCUT2D eigenvalue weighted by molar-refractivity contribution is -0.111. The number of aromatic nitrogens is 1. The molecule has 3 nitrogen and oxygen atoms in total. The molecule has 0 atom stereocenters. The van der Waals surface area contributed by atoms with E-state index < -0.39 is 0 Å². The van der Waals surface area contributed by atoms with Gasteiger partial charge in [-0.05, 0) is 18.6 Å². The number of nitrogens with zero attached hydrogens (tertiary/aromatic N) is 1. The van der Waals surface area contributed by atoms with Crippen LogP contribution in [0.5, 0.6) is 0 Å². The fraction of sp³-hybridized carbons (Fsp3) is 0.0526. The molecule has 0 aliphatic heterocycles. The van der Waals surface area contributed by atoms with Crippen LogP contribution in [0.3, 0.4) is 0 Å². The summed E-state index contributed by atoms with van der Waals surface area (Å²) in [6.45, 7) is 2.05. The molecule has 1 heterocycles. The minimum absolute atomic E-state index is 0.182. The van der Waals surface area contributed by atoms with Crippen LogP contribution in [0.1, 0.15) is 11.1 Å². The highest BCUT2D eigenvalue weighted by Gasteiger charge is 2.06. The second-order valence-electron chi connectivity index (χ2n) is 5.14. The van der Waals surface area contributed by atoms with Crippen LogP contribution in [0.4, 0.5) is 5.13 Å². The largest absolute Gasteiger partial charge is 0.298 e. The molecule has 2 aromatic carbocycles. The number of benzene rings is 2. The summed E-state index contributed by atoms with van der Waals surface area (Å²) >= 11 is 1.42. The number of amides is 1. The van der Waals surface area contributed by atoms with Crippen molar-refractivity contribution in [2.24, 2.45) is 0 Å². The van der Waals surface area contributed by atoms with Gasteiger partial charge in [0.1, 0.15) is 0 Å². The average Bonchev–Trinajstić information content (AvgIpc) is 3.03. The van der Waals surface area contributed by atoms with Gasteiger partial charge in [0, 0.05) is 17.0 Å². The first kappa shape index (κ1) is 15.2. The zero-order valence-electron chi connectivity index (χ0n) is 12.7. The lowest BCUT2D eigenvalue weighted by atomic mass is 10.1. The summed E-state index contributed by atoms with van der Waals surface area (Å²) in [6.07, 6.45) is 3.30. The molecular formula is C19H16N2OS. The lowest BCUT2D eigenvalue weighted by Crippen LogP contribution is -2.07.